The second kappa shape index (κ2) is 4.63. The molecule has 0 bridgehead atoms. The average Bonchev–Trinajstić information content (AvgIpc) is 2.64. The summed E-state index contributed by atoms with van der Waals surface area (Å²) in [6.07, 6.45) is 6.17. The van der Waals surface area contributed by atoms with Crippen LogP contribution < -0.4 is 5.32 Å². The zero-order chi connectivity index (χ0) is 9.97. The molecular formula is C12H23NO. The van der Waals surface area contributed by atoms with Crippen LogP contribution in [-0.4, -0.2) is 25.3 Å². The van der Waals surface area contributed by atoms with Crippen molar-refractivity contribution in [3.8, 4) is 0 Å². The summed E-state index contributed by atoms with van der Waals surface area (Å²) in [6, 6.07) is 0. The van der Waals surface area contributed by atoms with E-state index < -0.39 is 0 Å². The lowest BCUT2D eigenvalue weighted by Gasteiger charge is -2.33. The van der Waals surface area contributed by atoms with Gasteiger partial charge in [0.1, 0.15) is 0 Å². The normalized spacial score (nSPS) is 44.1. The fraction of sp³-hybridized carbons (Fsp3) is 1.00. The molecule has 0 radical (unpaired) electrons. The Balaban J connectivity index is 1.75. The summed E-state index contributed by atoms with van der Waals surface area (Å²) in [5, 5.41) is 3.36. The summed E-state index contributed by atoms with van der Waals surface area (Å²) < 4.78 is 6.11. The zero-order valence-electron chi connectivity index (χ0n) is 9.46. The van der Waals surface area contributed by atoms with Crippen molar-refractivity contribution >= 4 is 0 Å². The first-order valence-electron chi connectivity index (χ1n) is 6.12. The molecule has 0 aromatic rings. The van der Waals surface area contributed by atoms with Crippen molar-refractivity contribution in [3.05, 3.63) is 0 Å². The van der Waals surface area contributed by atoms with Crippen molar-refractivity contribution in [2.45, 2.75) is 51.7 Å². The Hall–Kier alpha value is -0.0800. The molecule has 2 aliphatic rings. The van der Waals surface area contributed by atoms with Crippen LogP contribution >= 0.6 is 0 Å². The van der Waals surface area contributed by atoms with E-state index >= 15 is 0 Å². The highest BCUT2D eigenvalue weighted by atomic mass is 16.5. The van der Waals surface area contributed by atoms with E-state index in [1.54, 1.807) is 0 Å². The van der Waals surface area contributed by atoms with Gasteiger partial charge >= 0.3 is 0 Å². The molecule has 1 N–H and O–H groups in total. The first-order chi connectivity index (χ1) is 6.75. The molecule has 0 amide bonds. The quantitative estimate of drug-likeness (QED) is 0.732. The van der Waals surface area contributed by atoms with Gasteiger partial charge in [0, 0.05) is 6.54 Å². The molecule has 1 heterocycles. The van der Waals surface area contributed by atoms with Gasteiger partial charge in [0.25, 0.3) is 0 Å². The average molecular weight is 197 g/mol. The topological polar surface area (TPSA) is 21.3 Å². The van der Waals surface area contributed by atoms with E-state index in [4.69, 9.17) is 4.74 Å². The largest absolute Gasteiger partial charge is 0.374 e. The number of hydrogen-bond donors (Lipinski definition) is 1. The van der Waals surface area contributed by atoms with Crippen LogP contribution in [0.25, 0.3) is 0 Å². The van der Waals surface area contributed by atoms with Gasteiger partial charge in [-0.25, -0.2) is 0 Å². The molecule has 2 rings (SSSR count). The highest BCUT2D eigenvalue weighted by Crippen LogP contribution is 2.31. The second-order valence-corrected chi connectivity index (χ2v) is 5.14. The smallest absolute Gasteiger partial charge is 0.0715 e. The van der Waals surface area contributed by atoms with Crippen LogP contribution in [-0.2, 0) is 4.74 Å². The van der Waals surface area contributed by atoms with Gasteiger partial charge in [-0.15, -0.1) is 0 Å². The van der Waals surface area contributed by atoms with Crippen LogP contribution in [0, 0.1) is 11.8 Å². The minimum absolute atomic E-state index is 0.501. The van der Waals surface area contributed by atoms with Crippen molar-refractivity contribution in [3.63, 3.8) is 0 Å². The van der Waals surface area contributed by atoms with Crippen LogP contribution in [0.1, 0.15) is 39.5 Å². The molecule has 3 unspecified atom stereocenters. The van der Waals surface area contributed by atoms with E-state index in [1.807, 2.05) is 0 Å². The number of rotatable bonds is 2. The summed E-state index contributed by atoms with van der Waals surface area (Å²) in [6.45, 7) is 6.95. The molecule has 2 fully saturated rings. The molecule has 0 aromatic heterocycles. The molecule has 1 saturated carbocycles. The second-order valence-electron chi connectivity index (χ2n) is 5.14. The van der Waals surface area contributed by atoms with E-state index in [2.05, 4.69) is 19.2 Å². The predicted octanol–water partition coefficient (Wildman–Crippen LogP) is 2.19. The summed E-state index contributed by atoms with van der Waals surface area (Å²) in [4.78, 5) is 0. The van der Waals surface area contributed by atoms with Crippen molar-refractivity contribution in [1.82, 2.24) is 5.32 Å². The molecule has 0 aromatic carbocycles. The number of hydrogen-bond acceptors (Lipinski definition) is 2. The molecule has 14 heavy (non-hydrogen) atoms. The standard InChI is InChI=1S/C12H23NO/c1-9-3-4-11(7-10(9)2)14-12-5-6-13-8-12/h9-13H,3-8H2,1-2H3/t9?,10?,11?,12-/m0/s1. The van der Waals surface area contributed by atoms with Crippen molar-refractivity contribution in [2.75, 3.05) is 13.1 Å². The highest BCUT2D eigenvalue weighted by molar-refractivity contribution is 4.79. The van der Waals surface area contributed by atoms with Gasteiger partial charge in [-0.05, 0) is 44.1 Å². The lowest BCUT2D eigenvalue weighted by molar-refractivity contribution is -0.0384. The molecule has 1 saturated heterocycles. The highest BCUT2D eigenvalue weighted by Gasteiger charge is 2.27. The predicted molar refractivity (Wildman–Crippen MR) is 58.3 cm³/mol. The Labute approximate surface area is 87.4 Å². The van der Waals surface area contributed by atoms with Gasteiger partial charge in [0.05, 0.1) is 12.2 Å². The molecule has 0 spiro atoms. The third-order valence-corrected chi connectivity index (χ3v) is 3.95. The fourth-order valence-electron chi connectivity index (χ4n) is 2.64. The summed E-state index contributed by atoms with van der Waals surface area (Å²) >= 11 is 0. The SMILES string of the molecule is CC1CCC(O[C@H]2CCNC2)CC1C. The Morgan fingerprint density at radius 3 is 2.50 bits per heavy atom. The molecule has 82 valence electrons. The van der Waals surface area contributed by atoms with Crippen LogP contribution in [0.4, 0.5) is 0 Å². The molecule has 4 atom stereocenters. The summed E-state index contributed by atoms with van der Waals surface area (Å²) in [5.41, 5.74) is 0. The van der Waals surface area contributed by atoms with Gasteiger partial charge in [0.15, 0.2) is 0 Å². The Morgan fingerprint density at radius 2 is 1.86 bits per heavy atom. The van der Waals surface area contributed by atoms with Gasteiger partial charge in [-0.2, -0.15) is 0 Å². The molecule has 2 heteroatoms. The van der Waals surface area contributed by atoms with Gasteiger partial charge in [-0.1, -0.05) is 13.8 Å². The molecule has 1 aliphatic heterocycles. The third-order valence-electron chi connectivity index (χ3n) is 3.95. The maximum Gasteiger partial charge on any atom is 0.0715 e. The van der Waals surface area contributed by atoms with Crippen molar-refractivity contribution in [2.24, 2.45) is 11.8 Å². The first kappa shape index (κ1) is 10.4. The lowest BCUT2D eigenvalue weighted by Crippen LogP contribution is -2.31. The summed E-state index contributed by atoms with van der Waals surface area (Å²) in [7, 11) is 0. The molecule has 2 nitrogen and oxygen atoms in total. The van der Waals surface area contributed by atoms with E-state index in [9.17, 15) is 0 Å². The van der Waals surface area contributed by atoms with Gasteiger partial charge < -0.3 is 10.1 Å². The fourth-order valence-corrected chi connectivity index (χ4v) is 2.64. The lowest BCUT2D eigenvalue weighted by atomic mass is 9.80. The Bertz CT molecular complexity index is 177. The third kappa shape index (κ3) is 2.48. The first-order valence-corrected chi connectivity index (χ1v) is 6.12. The minimum Gasteiger partial charge on any atom is -0.374 e. The van der Waals surface area contributed by atoms with E-state index in [0.29, 0.717) is 12.2 Å². The van der Waals surface area contributed by atoms with Crippen molar-refractivity contribution < 1.29 is 4.74 Å². The van der Waals surface area contributed by atoms with Gasteiger partial charge in [-0.3, -0.25) is 0 Å². The van der Waals surface area contributed by atoms with Gasteiger partial charge in [0.2, 0.25) is 0 Å². The molecular weight excluding hydrogens is 174 g/mol. The van der Waals surface area contributed by atoms with E-state index in [-0.39, 0.29) is 0 Å². The monoisotopic (exact) mass is 197 g/mol. The summed E-state index contributed by atoms with van der Waals surface area (Å²) in [5.74, 6) is 1.75. The van der Waals surface area contributed by atoms with Crippen LogP contribution in [0.3, 0.4) is 0 Å². The van der Waals surface area contributed by atoms with E-state index in [1.165, 1.54) is 25.7 Å². The maximum atomic E-state index is 6.11. The Morgan fingerprint density at radius 1 is 1.00 bits per heavy atom. The Kier molecular flexibility index (Phi) is 3.45. The van der Waals surface area contributed by atoms with Crippen molar-refractivity contribution in [1.29, 1.82) is 0 Å². The minimum atomic E-state index is 0.501. The molecule has 1 aliphatic carbocycles. The van der Waals surface area contributed by atoms with E-state index in [0.717, 1.165) is 24.9 Å². The number of nitrogens with one attached hydrogen (secondary N) is 1. The van der Waals surface area contributed by atoms with Crippen LogP contribution in [0.2, 0.25) is 0 Å². The van der Waals surface area contributed by atoms with Crippen LogP contribution in [0.5, 0.6) is 0 Å². The number of ether oxygens (including phenoxy) is 1. The van der Waals surface area contributed by atoms with Crippen LogP contribution in [0.15, 0.2) is 0 Å². The maximum absolute atomic E-state index is 6.11. The zero-order valence-corrected chi connectivity index (χ0v) is 9.46.